The monoisotopic (exact) mass is 284 g/mol. The molecular weight excluding hydrogens is 264 g/mol. The van der Waals surface area contributed by atoms with Crippen LogP contribution < -0.4 is 10.0 Å². The Morgan fingerprint density at radius 2 is 1.84 bits per heavy atom. The summed E-state index contributed by atoms with van der Waals surface area (Å²) in [5.41, 5.74) is 1.87. The fourth-order valence-electron chi connectivity index (χ4n) is 1.39. The third-order valence-electron chi connectivity index (χ3n) is 2.69. The van der Waals surface area contributed by atoms with E-state index >= 15 is 0 Å². The van der Waals surface area contributed by atoms with Crippen LogP contribution in [0.4, 0.5) is 4.79 Å². The predicted octanol–water partition coefficient (Wildman–Crippen LogP) is 1.95. The van der Waals surface area contributed by atoms with Gasteiger partial charge in [-0.05, 0) is 43.0 Å². The number of rotatable bonds is 4. The molecule has 6 heteroatoms. The molecule has 0 saturated carbocycles. The third-order valence-corrected chi connectivity index (χ3v) is 4.02. The molecule has 106 valence electrons. The minimum atomic E-state index is -3.81. The van der Waals surface area contributed by atoms with E-state index < -0.39 is 16.1 Å². The first-order valence-corrected chi connectivity index (χ1v) is 7.58. The molecule has 0 fully saturated rings. The van der Waals surface area contributed by atoms with Gasteiger partial charge in [0.15, 0.2) is 0 Å². The molecule has 2 N–H and O–H groups in total. The molecule has 0 radical (unpaired) electrons. The lowest BCUT2D eigenvalue weighted by Crippen LogP contribution is -2.40. The lowest BCUT2D eigenvalue weighted by Gasteiger charge is -2.11. The largest absolute Gasteiger partial charge is 0.337 e. The average Bonchev–Trinajstić information content (AvgIpc) is 2.29. The van der Waals surface area contributed by atoms with Gasteiger partial charge in [0.1, 0.15) is 0 Å². The molecule has 0 heterocycles. The Labute approximate surface area is 114 Å². The number of hydrogen-bond acceptors (Lipinski definition) is 3. The van der Waals surface area contributed by atoms with Gasteiger partial charge in [-0.15, -0.1) is 0 Å². The summed E-state index contributed by atoms with van der Waals surface area (Å²) >= 11 is 0. The molecule has 19 heavy (non-hydrogen) atoms. The summed E-state index contributed by atoms with van der Waals surface area (Å²) in [6, 6.07) is 4.05. The van der Waals surface area contributed by atoms with Gasteiger partial charge in [0.25, 0.3) is 10.0 Å². The van der Waals surface area contributed by atoms with Crippen LogP contribution in [0, 0.1) is 19.8 Å². The Bertz CT molecular complexity index is 565. The van der Waals surface area contributed by atoms with Crippen LogP contribution in [0.3, 0.4) is 0 Å². The Morgan fingerprint density at radius 3 is 2.37 bits per heavy atom. The summed E-state index contributed by atoms with van der Waals surface area (Å²) in [4.78, 5) is 11.6. The van der Waals surface area contributed by atoms with Crippen LogP contribution in [0.25, 0.3) is 0 Å². The van der Waals surface area contributed by atoms with Gasteiger partial charge in [-0.3, -0.25) is 0 Å². The first kappa shape index (κ1) is 15.5. The fraction of sp³-hybridized carbons (Fsp3) is 0.462. The topological polar surface area (TPSA) is 75.3 Å². The molecule has 0 spiro atoms. The average molecular weight is 284 g/mol. The Kier molecular flexibility index (Phi) is 4.94. The number of nitrogens with one attached hydrogen (secondary N) is 2. The molecular formula is C13H20N2O3S. The van der Waals surface area contributed by atoms with E-state index in [1.807, 2.05) is 32.4 Å². The number of benzene rings is 1. The second-order valence-electron chi connectivity index (χ2n) is 4.96. The Morgan fingerprint density at radius 1 is 1.21 bits per heavy atom. The van der Waals surface area contributed by atoms with Gasteiger partial charge >= 0.3 is 6.03 Å². The molecule has 2 amide bonds. The minimum Gasteiger partial charge on any atom is -0.337 e. The van der Waals surface area contributed by atoms with Crippen molar-refractivity contribution in [2.45, 2.75) is 32.6 Å². The minimum absolute atomic E-state index is 0.0929. The molecule has 0 aliphatic carbocycles. The van der Waals surface area contributed by atoms with Crippen LogP contribution >= 0.6 is 0 Å². The zero-order valence-electron chi connectivity index (χ0n) is 11.6. The number of carbonyl (C=O) groups is 1. The lowest BCUT2D eigenvalue weighted by molar-refractivity contribution is 0.244. The first-order chi connectivity index (χ1) is 8.72. The molecule has 1 aromatic rings. The summed E-state index contributed by atoms with van der Waals surface area (Å²) in [5, 5.41) is 2.50. The molecule has 1 aromatic carbocycles. The predicted molar refractivity (Wildman–Crippen MR) is 74.5 cm³/mol. The zero-order chi connectivity index (χ0) is 14.6. The van der Waals surface area contributed by atoms with Crippen LogP contribution in [0.2, 0.25) is 0 Å². The Balaban J connectivity index is 2.81. The highest BCUT2D eigenvalue weighted by atomic mass is 32.2. The quantitative estimate of drug-likeness (QED) is 0.887. The molecule has 0 unspecified atom stereocenters. The van der Waals surface area contributed by atoms with E-state index in [4.69, 9.17) is 0 Å². The van der Waals surface area contributed by atoms with Gasteiger partial charge in [-0.25, -0.2) is 17.9 Å². The van der Waals surface area contributed by atoms with Crippen molar-refractivity contribution >= 4 is 16.1 Å². The summed E-state index contributed by atoms with van der Waals surface area (Å²) in [7, 11) is -3.81. The summed E-state index contributed by atoms with van der Waals surface area (Å²) < 4.78 is 26.0. The summed E-state index contributed by atoms with van der Waals surface area (Å²) in [6.07, 6.45) is 0. The highest BCUT2D eigenvalue weighted by molar-refractivity contribution is 7.90. The fourth-order valence-corrected chi connectivity index (χ4v) is 2.41. The van der Waals surface area contributed by atoms with Gasteiger partial charge in [0, 0.05) is 6.54 Å². The first-order valence-electron chi connectivity index (χ1n) is 6.10. The van der Waals surface area contributed by atoms with Crippen molar-refractivity contribution in [3.05, 3.63) is 29.3 Å². The van der Waals surface area contributed by atoms with E-state index in [0.717, 1.165) is 11.1 Å². The maximum absolute atomic E-state index is 12.0. The molecule has 0 bridgehead atoms. The van der Waals surface area contributed by atoms with Gasteiger partial charge in [0.05, 0.1) is 4.90 Å². The molecule has 0 saturated heterocycles. The van der Waals surface area contributed by atoms with E-state index in [9.17, 15) is 13.2 Å². The van der Waals surface area contributed by atoms with Gasteiger partial charge in [-0.2, -0.15) is 0 Å². The maximum Gasteiger partial charge on any atom is 0.328 e. The van der Waals surface area contributed by atoms with Gasteiger partial charge in [-0.1, -0.05) is 19.9 Å². The maximum atomic E-state index is 12.0. The molecule has 0 atom stereocenters. The molecule has 0 aliphatic heterocycles. The van der Waals surface area contributed by atoms with Crippen LogP contribution in [-0.2, 0) is 10.0 Å². The molecule has 0 aromatic heterocycles. The van der Waals surface area contributed by atoms with E-state index in [1.54, 1.807) is 12.1 Å². The third kappa shape index (κ3) is 4.55. The lowest BCUT2D eigenvalue weighted by atomic mass is 10.1. The molecule has 0 aliphatic rings. The highest BCUT2D eigenvalue weighted by Crippen LogP contribution is 2.14. The number of amides is 2. The number of urea groups is 1. The van der Waals surface area contributed by atoms with Gasteiger partial charge in [0.2, 0.25) is 0 Å². The SMILES string of the molecule is Cc1ccc(S(=O)(=O)NC(=O)NCC(C)C)cc1C. The van der Waals surface area contributed by atoms with Crippen molar-refractivity contribution < 1.29 is 13.2 Å². The summed E-state index contributed by atoms with van der Waals surface area (Å²) in [5.74, 6) is 0.259. The van der Waals surface area contributed by atoms with Crippen molar-refractivity contribution in [3.8, 4) is 0 Å². The number of aryl methyl sites for hydroxylation is 2. The van der Waals surface area contributed by atoms with Crippen LogP contribution in [0.1, 0.15) is 25.0 Å². The van der Waals surface area contributed by atoms with Crippen LogP contribution in [0.15, 0.2) is 23.1 Å². The zero-order valence-corrected chi connectivity index (χ0v) is 12.5. The Hall–Kier alpha value is -1.56. The standard InChI is InChI=1S/C13H20N2O3S/c1-9(2)8-14-13(16)15-19(17,18)12-6-5-10(3)11(4)7-12/h5-7,9H,8H2,1-4H3,(H2,14,15,16). The van der Waals surface area contributed by atoms with Gasteiger partial charge < -0.3 is 5.32 Å². The molecule has 1 rings (SSSR count). The van der Waals surface area contributed by atoms with Crippen molar-refractivity contribution in [2.24, 2.45) is 5.92 Å². The van der Waals surface area contributed by atoms with Crippen LogP contribution in [0.5, 0.6) is 0 Å². The normalized spacial score (nSPS) is 11.4. The highest BCUT2D eigenvalue weighted by Gasteiger charge is 2.17. The van der Waals surface area contributed by atoms with Crippen molar-refractivity contribution in [1.29, 1.82) is 0 Å². The van der Waals surface area contributed by atoms with Crippen molar-refractivity contribution in [2.75, 3.05) is 6.54 Å². The van der Waals surface area contributed by atoms with E-state index in [1.165, 1.54) is 6.07 Å². The summed E-state index contributed by atoms with van der Waals surface area (Å²) in [6.45, 7) is 8.01. The molecule has 5 nitrogen and oxygen atoms in total. The van der Waals surface area contributed by atoms with Crippen molar-refractivity contribution in [1.82, 2.24) is 10.0 Å². The number of sulfonamides is 1. The second-order valence-corrected chi connectivity index (χ2v) is 6.64. The van der Waals surface area contributed by atoms with E-state index in [2.05, 4.69) is 5.32 Å². The van der Waals surface area contributed by atoms with E-state index in [0.29, 0.717) is 6.54 Å². The smallest absolute Gasteiger partial charge is 0.328 e. The number of hydrogen-bond donors (Lipinski definition) is 2. The second kappa shape index (κ2) is 6.06. The van der Waals surface area contributed by atoms with Crippen LogP contribution in [-0.4, -0.2) is 21.0 Å². The number of carbonyl (C=O) groups excluding carboxylic acids is 1. The van der Waals surface area contributed by atoms with Crippen molar-refractivity contribution in [3.63, 3.8) is 0 Å². The van der Waals surface area contributed by atoms with E-state index in [-0.39, 0.29) is 10.8 Å².